The van der Waals surface area contributed by atoms with Crippen molar-refractivity contribution >= 4 is 33.2 Å². The van der Waals surface area contributed by atoms with Crippen LogP contribution in [-0.4, -0.2) is 8.42 Å². The molecule has 0 amide bonds. The molecule has 2 aromatic carbocycles. The number of halogens is 2. The highest BCUT2D eigenvalue weighted by molar-refractivity contribution is 7.89. The van der Waals surface area contributed by atoms with E-state index >= 15 is 0 Å². The molecule has 1 atom stereocenters. The molecule has 0 radical (unpaired) electrons. The van der Waals surface area contributed by atoms with E-state index in [-0.39, 0.29) is 21.0 Å². The Hall–Kier alpha value is -1.07. The maximum Gasteiger partial charge on any atom is 0.242 e. The third kappa shape index (κ3) is 3.77. The quantitative estimate of drug-likeness (QED) is 0.873. The molecule has 0 bridgehead atoms. The Kier molecular flexibility index (Phi) is 5.27. The van der Waals surface area contributed by atoms with Gasteiger partial charge in [0.05, 0.1) is 10.0 Å². The fourth-order valence-electron chi connectivity index (χ4n) is 2.01. The van der Waals surface area contributed by atoms with E-state index in [0.717, 1.165) is 5.56 Å². The maximum atomic E-state index is 12.5. The van der Waals surface area contributed by atoms with Crippen LogP contribution < -0.4 is 4.72 Å². The number of rotatable bonds is 5. The number of nitrogens with one attached hydrogen (secondary N) is 1. The molecule has 0 aliphatic rings. The highest BCUT2D eigenvalue weighted by Crippen LogP contribution is 2.30. The summed E-state index contributed by atoms with van der Waals surface area (Å²) in [5.41, 5.74) is 0.904. The summed E-state index contributed by atoms with van der Waals surface area (Å²) >= 11 is 11.9. The van der Waals surface area contributed by atoms with Gasteiger partial charge in [-0.15, -0.1) is 0 Å². The van der Waals surface area contributed by atoms with Crippen LogP contribution in [-0.2, 0) is 10.0 Å². The van der Waals surface area contributed by atoms with Gasteiger partial charge in [-0.1, -0.05) is 66.5 Å². The molecule has 1 unspecified atom stereocenters. The van der Waals surface area contributed by atoms with Crippen LogP contribution >= 0.6 is 23.2 Å². The average molecular weight is 344 g/mol. The smallest absolute Gasteiger partial charge is 0.207 e. The SMILES string of the molecule is CCC(NS(=O)(=O)c1cccc(Cl)c1Cl)c1ccccc1. The molecule has 0 heterocycles. The van der Waals surface area contributed by atoms with E-state index in [1.165, 1.54) is 6.07 Å². The van der Waals surface area contributed by atoms with Crippen LogP contribution in [0.25, 0.3) is 0 Å². The van der Waals surface area contributed by atoms with Crippen LogP contribution in [0.15, 0.2) is 53.4 Å². The van der Waals surface area contributed by atoms with E-state index in [2.05, 4.69) is 4.72 Å². The first-order valence-corrected chi connectivity index (χ1v) is 8.71. The van der Waals surface area contributed by atoms with Gasteiger partial charge < -0.3 is 0 Å². The lowest BCUT2D eigenvalue weighted by Gasteiger charge is -2.18. The number of hydrogen-bond acceptors (Lipinski definition) is 2. The maximum absolute atomic E-state index is 12.5. The van der Waals surface area contributed by atoms with Gasteiger partial charge in [-0.2, -0.15) is 0 Å². The van der Waals surface area contributed by atoms with Crippen molar-refractivity contribution in [2.24, 2.45) is 0 Å². The fourth-order valence-corrected chi connectivity index (χ4v) is 4.08. The number of hydrogen-bond donors (Lipinski definition) is 1. The van der Waals surface area contributed by atoms with Crippen molar-refractivity contribution in [3.05, 3.63) is 64.1 Å². The van der Waals surface area contributed by atoms with Gasteiger partial charge in [-0.05, 0) is 24.1 Å². The van der Waals surface area contributed by atoms with Crippen LogP contribution in [0.4, 0.5) is 0 Å². The van der Waals surface area contributed by atoms with Crippen molar-refractivity contribution in [2.75, 3.05) is 0 Å². The number of benzene rings is 2. The second-order valence-electron chi connectivity index (χ2n) is 4.54. The molecule has 2 rings (SSSR count). The molecule has 0 fully saturated rings. The molecule has 0 aliphatic heterocycles. The summed E-state index contributed by atoms with van der Waals surface area (Å²) in [6, 6.07) is 13.6. The van der Waals surface area contributed by atoms with Gasteiger partial charge in [0.2, 0.25) is 10.0 Å². The Bertz CT molecular complexity index is 718. The molecule has 2 aromatic rings. The van der Waals surface area contributed by atoms with E-state index < -0.39 is 10.0 Å². The van der Waals surface area contributed by atoms with Crippen LogP contribution in [0.5, 0.6) is 0 Å². The predicted octanol–water partition coefficient (Wildman–Crippen LogP) is 4.42. The van der Waals surface area contributed by atoms with E-state index in [1.807, 2.05) is 37.3 Å². The van der Waals surface area contributed by atoms with Crippen LogP contribution in [0, 0.1) is 0 Å². The Morgan fingerprint density at radius 2 is 1.71 bits per heavy atom. The zero-order valence-corrected chi connectivity index (χ0v) is 13.7. The molecule has 6 heteroatoms. The predicted molar refractivity (Wildman–Crippen MR) is 86.3 cm³/mol. The molecule has 112 valence electrons. The minimum Gasteiger partial charge on any atom is -0.207 e. The normalized spacial score (nSPS) is 13.1. The first kappa shape index (κ1) is 16.3. The first-order valence-electron chi connectivity index (χ1n) is 6.47. The molecular formula is C15H15Cl2NO2S. The fraction of sp³-hybridized carbons (Fsp3) is 0.200. The Labute approximate surface area is 135 Å². The standard InChI is InChI=1S/C15H15Cl2NO2S/c1-2-13(11-7-4-3-5-8-11)18-21(19,20)14-10-6-9-12(16)15(14)17/h3-10,13,18H,2H2,1H3. The summed E-state index contributed by atoms with van der Waals surface area (Å²) in [4.78, 5) is -0.00829. The molecular weight excluding hydrogens is 329 g/mol. The third-order valence-electron chi connectivity index (χ3n) is 3.11. The lowest BCUT2D eigenvalue weighted by Crippen LogP contribution is -2.28. The van der Waals surface area contributed by atoms with Gasteiger partial charge >= 0.3 is 0 Å². The second kappa shape index (κ2) is 6.79. The summed E-state index contributed by atoms with van der Waals surface area (Å²) in [6.45, 7) is 1.92. The van der Waals surface area contributed by atoms with Gasteiger partial charge in [0.25, 0.3) is 0 Å². The summed E-state index contributed by atoms with van der Waals surface area (Å²) in [6.07, 6.45) is 0.626. The molecule has 0 saturated heterocycles. The second-order valence-corrected chi connectivity index (χ2v) is 7.01. The monoisotopic (exact) mass is 343 g/mol. The third-order valence-corrected chi connectivity index (χ3v) is 5.56. The van der Waals surface area contributed by atoms with E-state index in [9.17, 15) is 8.42 Å². The van der Waals surface area contributed by atoms with Gasteiger partial charge in [0.15, 0.2) is 0 Å². The molecule has 0 saturated carbocycles. The van der Waals surface area contributed by atoms with Gasteiger partial charge in [-0.3, -0.25) is 0 Å². The lowest BCUT2D eigenvalue weighted by molar-refractivity contribution is 0.550. The van der Waals surface area contributed by atoms with Crippen molar-refractivity contribution in [1.82, 2.24) is 4.72 Å². The molecule has 0 aromatic heterocycles. The Morgan fingerprint density at radius 3 is 2.33 bits per heavy atom. The summed E-state index contributed by atoms with van der Waals surface area (Å²) in [5.74, 6) is 0. The van der Waals surface area contributed by atoms with Crippen LogP contribution in [0.1, 0.15) is 24.9 Å². The minimum absolute atomic E-state index is 0.00829. The largest absolute Gasteiger partial charge is 0.242 e. The molecule has 1 N–H and O–H groups in total. The Morgan fingerprint density at radius 1 is 1.05 bits per heavy atom. The zero-order chi connectivity index (χ0) is 15.5. The van der Waals surface area contributed by atoms with Gasteiger partial charge in [0, 0.05) is 6.04 Å². The number of sulfonamides is 1. The highest BCUT2D eigenvalue weighted by Gasteiger charge is 2.23. The zero-order valence-electron chi connectivity index (χ0n) is 11.4. The van der Waals surface area contributed by atoms with Crippen molar-refractivity contribution in [3.63, 3.8) is 0 Å². The molecule has 3 nitrogen and oxygen atoms in total. The van der Waals surface area contributed by atoms with Gasteiger partial charge in [-0.25, -0.2) is 13.1 Å². The molecule has 0 aliphatic carbocycles. The van der Waals surface area contributed by atoms with Crippen molar-refractivity contribution < 1.29 is 8.42 Å². The Balaban J connectivity index is 2.34. The van der Waals surface area contributed by atoms with E-state index in [4.69, 9.17) is 23.2 Å². The van der Waals surface area contributed by atoms with E-state index in [0.29, 0.717) is 6.42 Å². The summed E-state index contributed by atoms with van der Waals surface area (Å²) in [7, 11) is -3.74. The van der Waals surface area contributed by atoms with Crippen molar-refractivity contribution in [3.8, 4) is 0 Å². The average Bonchev–Trinajstić information content (AvgIpc) is 2.48. The summed E-state index contributed by atoms with van der Waals surface area (Å²) < 4.78 is 27.7. The molecule has 21 heavy (non-hydrogen) atoms. The lowest BCUT2D eigenvalue weighted by atomic mass is 10.1. The first-order chi connectivity index (χ1) is 9.95. The highest BCUT2D eigenvalue weighted by atomic mass is 35.5. The van der Waals surface area contributed by atoms with Crippen molar-refractivity contribution in [2.45, 2.75) is 24.3 Å². The van der Waals surface area contributed by atoms with Gasteiger partial charge in [0.1, 0.15) is 4.90 Å². The van der Waals surface area contributed by atoms with E-state index in [1.54, 1.807) is 12.1 Å². The summed E-state index contributed by atoms with van der Waals surface area (Å²) in [5, 5.41) is 0.252. The van der Waals surface area contributed by atoms with Crippen molar-refractivity contribution in [1.29, 1.82) is 0 Å². The van der Waals surface area contributed by atoms with Crippen LogP contribution in [0.2, 0.25) is 10.0 Å². The van der Waals surface area contributed by atoms with Crippen LogP contribution in [0.3, 0.4) is 0 Å². The molecule has 0 spiro atoms. The topological polar surface area (TPSA) is 46.2 Å². The minimum atomic E-state index is -3.74.